The molecule has 9 heteroatoms. The Morgan fingerprint density at radius 2 is 1.68 bits per heavy atom. The van der Waals surface area contributed by atoms with Crippen LogP contribution in [-0.2, 0) is 9.59 Å². The van der Waals surface area contributed by atoms with Gasteiger partial charge in [0.1, 0.15) is 17.2 Å². The quantitative estimate of drug-likeness (QED) is 0.652. The van der Waals surface area contributed by atoms with Crippen LogP contribution in [0.3, 0.4) is 0 Å². The van der Waals surface area contributed by atoms with Crippen molar-refractivity contribution < 1.29 is 24.2 Å². The van der Waals surface area contributed by atoms with E-state index in [0.717, 1.165) is 18.0 Å². The molecule has 2 amide bonds. The number of imide groups is 1. The fraction of sp³-hybridized carbons (Fsp3) is 0.364. The molecule has 164 valence electrons. The predicted octanol–water partition coefficient (Wildman–Crippen LogP) is 1.66. The van der Waals surface area contributed by atoms with Gasteiger partial charge >= 0.3 is 0 Å². The van der Waals surface area contributed by atoms with E-state index in [-0.39, 0.29) is 18.4 Å². The van der Waals surface area contributed by atoms with E-state index in [1.807, 2.05) is 22.4 Å². The smallest absolute Gasteiger partial charge is 0.282 e. The zero-order valence-corrected chi connectivity index (χ0v) is 18.4. The largest absolute Gasteiger partial charge is 0.497 e. The minimum absolute atomic E-state index is 0.103. The van der Waals surface area contributed by atoms with Gasteiger partial charge in [-0.25, -0.2) is 4.90 Å². The number of carbonyl (C=O) groups is 2. The van der Waals surface area contributed by atoms with Gasteiger partial charge in [-0.2, -0.15) is 0 Å². The summed E-state index contributed by atoms with van der Waals surface area (Å²) in [7, 11) is 3.05. The summed E-state index contributed by atoms with van der Waals surface area (Å²) in [6.07, 6.45) is 0. The monoisotopic (exact) mass is 443 g/mol. The number of amides is 2. The molecule has 0 spiro atoms. The number of aliphatic hydroxyl groups is 1. The molecule has 0 bridgehead atoms. The number of carbonyl (C=O) groups excluding carboxylic acids is 2. The first-order valence-corrected chi connectivity index (χ1v) is 10.9. The van der Waals surface area contributed by atoms with Crippen molar-refractivity contribution in [1.82, 2.24) is 9.80 Å². The number of hydrogen-bond acceptors (Lipinski definition) is 8. The lowest BCUT2D eigenvalue weighted by Gasteiger charge is -2.36. The molecule has 31 heavy (non-hydrogen) atoms. The number of hydrogen-bond donors (Lipinski definition) is 1. The average Bonchev–Trinajstić information content (AvgIpc) is 3.40. The van der Waals surface area contributed by atoms with Gasteiger partial charge in [0.05, 0.1) is 32.1 Å². The van der Waals surface area contributed by atoms with Crippen molar-refractivity contribution in [2.75, 3.05) is 58.5 Å². The molecule has 3 heterocycles. The molecule has 8 nitrogen and oxygen atoms in total. The maximum Gasteiger partial charge on any atom is 0.282 e. The van der Waals surface area contributed by atoms with Crippen LogP contribution in [0.1, 0.15) is 4.88 Å². The van der Waals surface area contributed by atoms with Crippen molar-refractivity contribution >= 4 is 34.4 Å². The molecule has 0 radical (unpaired) electrons. The molecular weight excluding hydrogens is 418 g/mol. The van der Waals surface area contributed by atoms with Crippen LogP contribution in [0.2, 0.25) is 0 Å². The molecule has 0 atom stereocenters. The Morgan fingerprint density at radius 1 is 1.00 bits per heavy atom. The second-order valence-electron chi connectivity index (χ2n) is 7.27. The Balaban J connectivity index is 1.72. The van der Waals surface area contributed by atoms with Crippen molar-refractivity contribution in [2.24, 2.45) is 0 Å². The molecule has 2 aromatic rings. The molecule has 1 aromatic heterocycles. The van der Waals surface area contributed by atoms with Gasteiger partial charge in [-0.3, -0.25) is 14.5 Å². The highest BCUT2D eigenvalue weighted by molar-refractivity contribution is 7.11. The van der Waals surface area contributed by atoms with Crippen molar-refractivity contribution in [3.63, 3.8) is 0 Å². The first-order valence-electron chi connectivity index (χ1n) is 10.1. The fourth-order valence-corrected chi connectivity index (χ4v) is 4.71. The molecule has 0 saturated carbocycles. The lowest BCUT2D eigenvalue weighted by atomic mass is 10.1. The van der Waals surface area contributed by atoms with E-state index in [4.69, 9.17) is 9.47 Å². The molecule has 1 aromatic carbocycles. The molecule has 1 fully saturated rings. The summed E-state index contributed by atoms with van der Waals surface area (Å²) in [5.74, 6) is 0.298. The summed E-state index contributed by atoms with van der Waals surface area (Å²) >= 11 is 1.44. The molecule has 4 rings (SSSR count). The fourth-order valence-electron chi connectivity index (χ4n) is 3.95. The Morgan fingerprint density at radius 3 is 2.23 bits per heavy atom. The SMILES string of the molecule is COc1cc(OC)cc(N2C(=O)C(c3cccs3)=C(N3CCN(CCO)CC3)C2=O)c1. The first kappa shape index (κ1) is 21.4. The Hall–Kier alpha value is -2.88. The van der Waals surface area contributed by atoms with Crippen LogP contribution in [0.25, 0.3) is 5.57 Å². The number of anilines is 1. The third kappa shape index (κ3) is 4.04. The number of methoxy groups -OCH3 is 2. The van der Waals surface area contributed by atoms with Crippen LogP contribution in [0.4, 0.5) is 5.69 Å². The van der Waals surface area contributed by atoms with E-state index in [1.54, 1.807) is 18.2 Å². The van der Waals surface area contributed by atoms with Gasteiger partial charge in [0.2, 0.25) is 0 Å². The normalized spacial score (nSPS) is 17.6. The topological polar surface area (TPSA) is 82.6 Å². The van der Waals surface area contributed by atoms with Crippen LogP contribution in [0.5, 0.6) is 11.5 Å². The van der Waals surface area contributed by atoms with E-state index >= 15 is 0 Å². The lowest BCUT2D eigenvalue weighted by molar-refractivity contribution is -0.120. The lowest BCUT2D eigenvalue weighted by Crippen LogP contribution is -2.48. The van der Waals surface area contributed by atoms with E-state index in [1.165, 1.54) is 30.5 Å². The van der Waals surface area contributed by atoms with Gasteiger partial charge in [-0.15, -0.1) is 11.3 Å². The van der Waals surface area contributed by atoms with E-state index < -0.39 is 0 Å². The molecule has 1 saturated heterocycles. The first-order chi connectivity index (χ1) is 15.1. The highest BCUT2D eigenvalue weighted by atomic mass is 32.1. The number of ether oxygens (including phenoxy) is 2. The maximum absolute atomic E-state index is 13.6. The second-order valence-corrected chi connectivity index (χ2v) is 8.22. The number of thiophene rings is 1. The van der Waals surface area contributed by atoms with Crippen LogP contribution in [0.15, 0.2) is 41.4 Å². The maximum atomic E-state index is 13.6. The average molecular weight is 444 g/mol. The van der Waals surface area contributed by atoms with Crippen molar-refractivity contribution in [1.29, 1.82) is 0 Å². The van der Waals surface area contributed by atoms with Crippen molar-refractivity contribution in [2.45, 2.75) is 0 Å². The van der Waals surface area contributed by atoms with Gasteiger partial charge in [-0.05, 0) is 11.4 Å². The summed E-state index contributed by atoms with van der Waals surface area (Å²) in [5.41, 5.74) is 1.27. The summed E-state index contributed by atoms with van der Waals surface area (Å²) in [6, 6.07) is 8.75. The van der Waals surface area contributed by atoms with Crippen LogP contribution < -0.4 is 14.4 Å². The number of piperazine rings is 1. The molecule has 0 unspecified atom stereocenters. The van der Waals surface area contributed by atoms with Crippen molar-refractivity contribution in [3.8, 4) is 11.5 Å². The second kappa shape index (κ2) is 9.09. The van der Waals surface area contributed by atoms with Gasteiger partial charge in [0.15, 0.2) is 0 Å². The molecule has 2 aliphatic rings. The summed E-state index contributed by atoms with van der Waals surface area (Å²) in [5, 5.41) is 11.1. The third-order valence-electron chi connectivity index (χ3n) is 5.53. The van der Waals surface area contributed by atoms with Gasteiger partial charge < -0.3 is 19.5 Å². The standard InChI is InChI=1S/C22H25N3O5S/c1-29-16-12-15(13-17(14-16)30-2)25-21(27)19(18-4-3-11-31-18)20(22(25)28)24-7-5-23(6-8-24)9-10-26/h3-4,11-14,26H,5-10H2,1-2H3. The minimum Gasteiger partial charge on any atom is -0.497 e. The van der Waals surface area contributed by atoms with E-state index in [9.17, 15) is 14.7 Å². The van der Waals surface area contributed by atoms with Crippen molar-refractivity contribution in [3.05, 3.63) is 46.3 Å². The minimum atomic E-state index is -0.351. The van der Waals surface area contributed by atoms with Gasteiger partial charge in [-0.1, -0.05) is 6.07 Å². The highest BCUT2D eigenvalue weighted by Gasteiger charge is 2.43. The summed E-state index contributed by atoms with van der Waals surface area (Å²) in [6.45, 7) is 3.36. The highest BCUT2D eigenvalue weighted by Crippen LogP contribution is 2.39. The molecule has 1 N–H and O–H groups in total. The van der Waals surface area contributed by atoms with Crippen LogP contribution >= 0.6 is 11.3 Å². The number of rotatable bonds is 7. The molecular formula is C22H25N3O5S. The summed E-state index contributed by atoms with van der Waals surface area (Å²) in [4.78, 5) is 33.2. The van der Waals surface area contributed by atoms with E-state index in [0.29, 0.717) is 48.1 Å². The van der Waals surface area contributed by atoms with Gasteiger partial charge in [0.25, 0.3) is 11.8 Å². The Kier molecular flexibility index (Phi) is 6.26. The molecule has 0 aliphatic carbocycles. The number of nitrogens with zero attached hydrogens (tertiary/aromatic N) is 3. The third-order valence-corrected chi connectivity index (χ3v) is 6.41. The Bertz CT molecular complexity index is 974. The zero-order valence-electron chi connectivity index (χ0n) is 17.5. The number of benzene rings is 1. The predicted molar refractivity (Wildman–Crippen MR) is 118 cm³/mol. The molecule has 2 aliphatic heterocycles. The Labute approximate surface area is 184 Å². The zero-order chi connectivity index (χ0) is 22.0. The van der Waals surface area contributed by atoms with Crippen LogP contribution in [0, 0.1) is 0 Å². The van der Waals surface area contributed by atoms with Crippen LogP contribution in [-0.4, -0.2) is 80.3 Å². The van der Waals surface area contributed by atoms with E-state index in [2.05, 4.69) is 4.90 Å². The number of β-amino-alcohol motifs (C(OH)–C–C–N with tert-alkyl or cyclic N) is 1. The summed E-state index contributed by atoms with van der Waals surface area (Å²) < 4.78 is 10.7. The van der Waals surface area contributed by atoms with Gasteiger partial charge in [0, 0.05) is 55.8 Å². The number of aliphatic hydroxyl groups excluding tert-OH is 1.